The Hall–Kier alpha value is -2.60. The molecule has 172 valence electrons. The number of amides is 1. The maximum atomic E-state index is 13.1. The fourth-order valence-corrected chi connectivity index (χ4v) is 3.95. The van der Waals surface area contributed by atoms with Gasteiger partial charge in [-0.2, -0.15) is 0 Å². The zero-order valence-electron chi connectivity index (χ0n) is 19.1. The zero-order valence-corrected chi connectivity index (χ0v) is 19.1. The van der Waals surface area contributed by atoms with Crippen LogP contribution in [0.25, 0.3) is 0 Å². The summed E-state index contributed by atoms with van der Waals surface area (Å²) in [4.78, 5) is 49.9. The van der Waals surface area contributed by atoms with Crippen molar-refractivity contribution in [1.82, 2.24) is 4.90 Å². The molecule has 0 N–H and O–H groups in total. The lowest BCUT2D eigenvalue weighted by Crippen LogP contribution is -2.84. The molecule has 4 unspecified atom stereocenters. The first-order chi connectivity index (χ1) is 14.3. The maximum absolute atomic E-state index is 13.1. The van der Waals surface area contributed by atoms with E-state index in [9.17, 15) is 19.2 Å². The van der Waals surface area contributed by atoms with Crippen molar-refractivity contribution >= 4 is 24.8 Å². The number of ether oxygens (including phenoxy) is 4. The molecule has 0 aromatic carbocycles. The summed E-state index contributed by atoms with van der Waals surface area (Å²) in [6, 6.07) is -0.877. The topological polar surface area (TPSA) is 108 Å². The lowest BCUT2D eigenvalue weighted by Gasteiger charge is -2.63. The maximum Gasteiger partial charge on any atom is 0.509 e. The average Bonchev–Trinajstić information content (AvgIpc) is 2.58. The van der Waals surface area contributed by atoms with Crippen LogP contribution in [0.2, 0.25) is 0 Å². The van der Waals surface area contributed by atoms with E-state index >= 15 is 0 Å². The van der Waals surface area contributed by atoms with E-state index in [1.165, 1.54) is 4.90 Å². The Morgan fingerprint density at radius 1 is 1.13 bits per heavy atom. The third-order valence-electron chi connectivity index (χ3n) is 4.93. The molecule has 0 aromatic rings. The fourth-order valence-electron chi connectivity index (χ4n) is 3.95. The fraction of sp³-hybridized carbons (Fsp3) is 0.727. The number of hydrogen-bond donors (Lipinski definition) is 0. The Morgan fingerprint density at radius 3 is 2.23 bits per heavy atom. The summed E-state index contributed by atoms with van der Waals surface area (Å²) < 4.78 is 22.1. The average molecular weight is 437 g/mol. The molecule has 9 nitrogen and oxygen atoms in total. The van der Waals surface area contributed by atoms with Gasteiger partial charge in [-0.1, -0.05) is 5.92 Å². The standard InChI is InChI=1S/C22H31NO8/c1-8-10-22-14(15(12-25)23(22)18(26)30-20(2,3)4)13-28-16(9-11-24)17(22)29-19(27)31-21(5,6)7/h11-12,14-17H,9,13H2,1-7H3/t14?,15-,16?,17?,22?/m0/s1. The molecule has 0 radical (unpaired) electrons. The van der Waals surface area contributed by atoms with Crippen LogP contribution < -0.4 is 0 Å². The van der Waals surface area contributed by atoms with Crippen LogP contribution >= 0.6 is 0 Å². The summed E-state index contributed by atoms with van der Waals surface area (Å²) >= 11 is 0. The number of nitrogens with zero attached hydrogens (tertiary/aromatic N) is 1. The molecule has 2 aliphatic rings. The molecule has 31 heavy (non-hydrogen) atoms. The van der Waals surface area contributed by atoms with Gasteiger partial charge in [0.2, 0.25) is 0 Å². The quantitative estimate of drug-likeness (QED) is 0.375. The predicted octanol–water partition coefficient (Wildman–Crippen LogP) is 2.49. The molecule has 9 heteroatoms. The number of fused-ring (bicyclic) bond motifs is 1. The Balaban J connectivity index is 2.53. The Bertz CT molecular complexity index is 784. The van der Waals surface area contributed by atoms with Gasteiger partial charge >= 0.3 is 12.2 Å². The first kappa shape index (κ1) is 24.7. The van der Waals surface area contributed by atoms with Crippen LogP contribution in [0.3, 0.4) is 0 Å². The van der Waals surface area contributed by atoms with Crippen LogP contribution in [0, 0.1) is 17.8 Å². The second kappa shape index (κ2) is 8.87. The smallest absolute Gasteiger partial charge is 0.444 e. The number of carbonyl (C=O) groups is 4. The van der Waals surface area contributed by atoms with Crippen LogP contribution in [-0.2, 0) is 28.5 Å². The lowest BCUT2D eigenvalue weighted by atomic mass is 9.63. The highest BCUT2D eigenvalue weighted by Gasteiger charge is 2.71. The van der Waals surface area contributed by atoms with E-state index in [1.54, 1.807) is 48.5 Å². The Labute approximate surface area is 182 Å². The lowest BCUT2D eigenvalue weighted by molar-refractivity contribution is -0.239. The molecular formula is C22H31NO8. The SMILES string of the molecule is CC#CC12C(OC(=O)OC(C)(C)C)C(CC=O)OCC1[C@H](C=O)N2C(=O)OC(C)(C)C. The Morgan fingerprint density at radius 2 is 1.74 bits per heavy atom. The first-order valence-corrected chi connectivity index (χ1v) is 10.2. The minimum absolute atomic E-state index is 0.0596. The molecule has 0 spiro atoms. The molecule has 2 rings (SSSR count). The molecule has 0 aromatic heterocycles. The summed E-state index contributed by atoms with van der Waals surface area (Å²) in [6.45, 7) is 11.8. The number of hydrogen-bond acceptors (Lipinski definition) is 8. The van der Waals surface area contributed by atoms with Gasteiger partial charge in [0.25, 0.3) is 0 Å². The van der Waals surface area contributed by atoms with Crippen molar-refractivity contribution in [1.29, 1.82) is 0 Å². The van der Waals surface area contributed by atoms with E-state index in [2.05, 4.69) is 11.8 Å². The van der Waals surface area contributed by atoms with Crippen LogP contribution in [0.4, 0.5) is 9.59 Å². The highest BCUT2D eigenvalue weighted by molar-refractivity contribution is 5.80. The van der Waals surface area contributed by atoms with Crippen molar-refractivity contribution in [2.24, 2.45) is 5.92 Å². The van der Waals surface area contributed by atoms with Crippen molar-refractivity contribution in [3.05, 3.63) is 0 Å². The van der Waals surface area contributed by atoms with Crippen LogP contribution in [0.15, 0.2) is 0 Å². The van der Waals surface area contributed by atoms with Crippen molar-refractivity contribution in [3.63, 3.8) is 0 Å². The van der Waals surface area contributed by atoms with Gasteiger partial charge in [-0.25, -0.2) is 9.59 Å². The molecule has 0 aliphatic carbocycles. The van der Waals surface area contributed by atoms with E-state index in [1.807, 2.05) is 0 Å². The summed E-state index contributed by atoms with van der Waals surface area (Å²) in [6.07, 6.45) is -2.64. The zero-order chi connectivity index (χ0) is 23.6. The van der Waals surface area contributed by atoms with E-state index in [0.717, 1.165) is 0 Å². The highest BCUT2D eigenvalue weighted by atomic mass is 16.7. The molecule has 2 aliphatic heterocycles. The van der Waals surface area contributed by atoms with Gasteiger partial charge in [0.05, 0.1) is 6.61 Å². The van der Waals surface area contributed by atoms with Crippen molar-refractivity contribution in [2.75, 3.05) is 6.61 Å². The number of rotatable bonds is 4. The molecule has 0 saturated carbocycles. The molecule has 2 heterocycles. The molecule has 0 bridgehead atoms. The number of carbonyl (C=O) groups excluding carboxylic acids is 4. The van der Waals surface area contributed by atoms with Gasteiger partial charge in [-0.3, -0.25) is 4.90 Å². The summed E-state index contributed by atoms with van der Waals surface area (Å²) in [7, 11) is 0. The molecule has 2 fully saturated rings. The van der Waals surface area contributed by atoms with Gasteiger partial charge in [0.15, 0.2) is 11.6 Å². The molecule has 1 amide bonds. The van der Waals surface area contributed by atoms with Gasteiger partial charge in [0.1, 0.15) is 35.9 Å². The summed E-state index contributed by atoms with van der Waals surface area (Å²) in [5.74, 6) is 5.18. The van der Waals surface area contributed by atoms with Crippen molar-refractivity contribution in [2.45, 2.75) is 89.9 Å². The summed E-state index contributed by atoms with van der Waals surface area (Å²) in [5, 5.41) is 0. The molecule has 5 atom stereocenters. The van der Waals surface area contributed by atoms with Gasteiger partial charge < -0.3 is 28.5 Å². The second-order valence-electron chi connectivity index (χ2n) is 9.56. The van der Waals surface area contributed by atoms with Crippen molar-refractivity contribution in [3.8, 4) is 11.8 Å². The Kier molecular flexibility index (Phi) is 7.06. The largest absolute Gasteiger partial charge is 0.509 e. The molecule has 2 saturated heterocycles. The van der Waals surface area contributed by atoms with Gasteiger partial charge in [-0.05, 0) is 48.5 Å². The van der Waals surface area contributed by atoms with Gasteiger partial charge in [-0.15, -0.1) is 5.92 Å². The van der Waals surface area contributed by atoms with E-state index in [-0.39, 0.29) is 13.0 Å². The predicted molar refractivity (Wildman–Crippen MR) is 109 cm³/mol. The van der Waals surface area contributed by atoms with E-state index in [4.69, 9.17) is 18.9 Å². The normalized spacial score (nSPS) is 30.0. The van der Waals surface area contributed by atoms with Crippen molar-refractivity contribution < 1.29 is 38.1 Å². The van der Waals surface area contributed by atoms with Gasteiger partial charge in [0, 0.05) is 12.3 Å². The molecular weight excluding hydrogens is 406 g/mol. The van der Waals surface area contributed by atoms with Crippen LogP contribution in [-0.4, -0.2) is 71.3 Å². The third kappa shape index (κ3) is 5.01. The first-order valence-electron chi connectivity index (χ1n) is 10.2. The van der Waals surface area contributed by atoms with E-state index in [0.29, 0.717) is 12.6 Å². The highest BCUT2D eigenvalue weighted by Crippen LogP contribution is 2.50. The monoisotopic (exact) mass is 437 g/mol. The second-order valence-corrected chi connectivity index (χ2v) is 9.56. The number of aldehydes is 2. The van der Waals surface area contributed by atoms with Crippen LogP contribution in [0.5, 0.6) is 0 Å². The minimum atomic E-state index is -1.40. The minimum Gasteiger partial charge on any atom is -0.444 e. The number of likely N-dealkylation sites (tertiary alicyclic amines) is 1. The summed E-state index contributed by atoms with van der Waals surface area (Å²) in [5.41, 5.74) is -3.05. The van der Waals surface area contributed by atoms with E-state index < -0.39 is 53.2 Å². The third-order valence-corrected chi connectivity index (χ3v) is 4.93. The van der Waals surface area contributed by atoms with Crippen LogP contribution in [0.1, 0.15) is 54.9 Å².